The van der Waals surface area contributed by atoms with Crippen molar-refractivity contribution in [3.8, 4) is 17.2 Å². The third-order valence-corrected chi connectivity index (χ3v) is 2.49. The maximum atomic E-state index is 5.85. The Labute approximate surface area is 109 Å². The molecule has 0 aliphatic rings. The zero-order valence-electron chi connectivity index (χ0n) is 11.7. The third kappa shape index (κ3) is 3.81. The molecule has 0 radical (unpaired) electrons. The number of benzene rings is 1. The monoisotopic (exact) mass is 253 g/mol. The lowest BCUT2D eigenvalue weighted by atomic mass is 10.1. The number of hydrogen-bond acceptors (Lipinski definition) is 4. The lowest BCUT2D eigenvalue weighted by Crippen LogP contribution is -2.18. The van der Waals surface area contributed by atoms with Gasteiger partial charge in [0.15, 0.2) is 11.5 Å². The van der Waals surface area contributed by atoms with Crippen LogP contribution in [0, 0.1) is 0 Å². The van der Waals surface area contributed by atoms with Crippen LogP contribution in [0.25, 0.3) is 0 Å². The van der Waals surface area contributed by atoms with Gasteiger partial charge in [-0.25, -0.2) is 0 Å². The molecule has 0 aliphatic carbocycles. The summed E-state index contributed by atoms with van der Waals surface area (Å²) in [7, 11) is 1.63. The highest BCUT2D eigenvalue weighted by molar-refractivity contribution is 5.51. The van der Waals surface area contributed by atoms with Gasteiger partial charge in [-0.15, -0.1) is 0 Å². The van der Waals surface area contributed by atoms with E-state index in [2.05, 4.69) is 0 Å². The Hall–Kier alpha value is -1.42. The summed E-state index contributed by atoms with van der Waals surface area (Å²) in [5.74, 6) is 2.24. The first kappa shape index (κ1) is 14.6. The molecule has 4 nitrogen and oxygen atoms in total. The van der Waals surface area contributed by atoms with Crippen molar-refractivity contribution in [1.82, 2.24) is 0 Å². The van der Waals surface area contributed by atoms with Crippen LogP contribution in [0.15, 0.2) is 12.1 Å². The van der Waals surface area contributed by atoms with Crippen molar-refractivity contribution in [2.24, 2.45) is 5.73 Å². The summed E-state index contributed by atoms with van der Waals surface area (Å²) in [5, 5.41) is 0. The van der Waals surface area contributed by atoms with E-state index in [1.807, 2.05) is 32.9 Å². The molecule has 0 aliphatic heterocycles. The summed E-state index contributed by atoms with van der Waals surface area (Å²) in [6.45, 7) is 7.08. The highest BCUT2D eigenvalue weighted by atomic mass is 16.5. The second kappa shape index (κ2) is 7.11. The molecular formula is C14H23NO3. The van der Waals surface area contributed by atoms with Gasteiger partial charge in [-0.3, -0.25) is 0 Å². The fraction of sp³-hybridized carbons (Fsp3) is 0.571. The molecule has 1 aromatic rings. The first-order valence-corrected chi connectivity index (χ1v) is 6.34. The Morgan fingerprint density at radius 1 is 1.06 bits per heavy atom. The maximum Gasteiger partial charge on any atom is 0.164 e. The predicted octanol–water partition coefficient (Wildman–Crippen LogP) is 2.38. The summed E-state index contributed by atoms with van der Waals surface area (Å²) >= 11 is 0. The smallest absolute Gasteiger partial charge is 0.164 e. The molecule has 0 saturated carbocycles. The molecule has 0 saturated heterocycles. The van der Waals surface area contributed by atoms with E-state index in [1.165, 1.54) is 0 Å². The fourth-order valence-electron chi connectivity index (χ4n) is 1.81. The second-order valence-electron chi connectivity index (χ2n) is 4.16. The lowest BCUT2D eigenvalue weighted by molar-refractivity contribution is 0.300. The van der Waals surface area contributed by atoms with Crippen LogP contribution in [0.4, 0.5) is 0 Å². The number of ether oxygens (including phenoxy) is 3. The summed E-state index contributed by atoms with van der Waals surface area (Å²) < 4.78 is 16.5. The van der Waals surface area contributed by atoms with Crippen LogP contribution < -0.4 is 19.9 Å². The van der Waals surface area contributed by atoms with E-state index in [-0.39, 0.29) is 6.04 Å². The Morgan fingerprint density at radius 3 is 2.17 bits per heavy atom. The molecule has 1 rings (SSSR count). The van der Waals surface area contributed by atoms with Crippen molar-refractivity contribution >= 4 is 0 Å². The molecule has 0 heterocycles. The first-order valence-electron chi connectivity index (χ1n) is 6.34. The quantitative estimate of drug-likeness (QED) is 0.810. The minimum Gasteiger partial charge on any atom is -0.493 e. The molecule has 2 N–H and O–H groups in total. The van der Waals surface area contributed by atoms with Crippen LogP contribution in [0.3, 0.4) is 0 Å². The van der Waals surface area contributed by atoms with Gasteiger partial charge in [-0.2, -0.15) is 0 Å². The van der Waals surface area contributed by atoms with Gasteiger partial charge in [-0.1, -0.05) is 0 Å². The SMILES string of the molecule is CCOc1cc(OCC)c(OC)cc1C[C@@H](C)N. The minimum atomic E-state index is 0.0758. The summed E-state index contributed by atoms with van der Waals surface area (Å²) in [6, 6.07) is 3.90. The Kier molecular flexibility index (Phi) is 5.78. The van der Waals surface area contributed by atoms with Gasteiger partial charge in [0.05, 0.1) is 20.3 Å². The Balaban J connectivity index is 3.13. The van der Waals surface area contributed by atoms with Crippen molar-refractivity contribution in [3.63, 3.8) is 0 Å². The van der Waals surface area contributed by atoms with E-state index in [1.54, 1.807) is 7.11 Å². The third-order valence-electron chi connectivity index (χ3n) is 2.49. The summed E-state index contributed by atoms with van der Waals surface area (Å²) in [6.07, 6.45) is 0.748. The summed E-state index contributed by atoms with van der Waals surface area (Å²) in [5.41, 5.74) is 6.90. The average Bonchev–Trinajstić information content (AvgIpc) is 2.32. The van der Waals surface area contributed by atoms with Crippen LogP contribution >= 0.6 is 0 Å². The van der Waals surface area contributed by atoms with Gasteiger partial charge < -0.3 is 19.9 Å². The highest BCUT2D eigenvalue weighted by Crippen LogP contribution is 2.35. The van der Waals surface area contributed by atoms with E-state index >= 15 is 0 Å². The zero-order valence-corrected chi connectivity index (χ0v) is 11.7. The normalized spacial score (nSPS) is 12.1. The van der Waals surface area contributed by atoms with Crippen LogP contribution in [0.2, 0.25) is 0 Å². The molecule has 0 bridgehead atoms. The topological polar surface area (TPSA) is 53.7 Å². The van der Waals surface area contributed by atoms with Gasteiger partial charge in [0.1, 0.15) is 5.75 Å². The number of methoxy groups -OCH3 is 1. The highest BCUT2D eigenvalue weighted by Gasteiger charge is 2.13. The second-order valence-corrected chi connectivity index (χ2v) is 4.16. The van der Waals surface area contributed by atoms with Crippen LogP contribution in [-0.4, -0.2) is 26.4 Å². The standard InChI is InChI=1S/C14H23NO3/c1-5-17-12-9-14(18-6-2)13(16-4)8-11(12)7-10(3)15/h8-10H,5-7,15H2,1-4H3/t10-/m1/s1. The van der Waals surface area contributed by atoms with Crippen molar-refractivity contribution in [1.29, 1.82) is 0 Å². The molecule has 0 unspecified atom stereocenters. The molecule has 1 atom stereocenters. The molecule has 18 heavy (non-hydrogen) atoms. The van der Waals surface area contributed by atoms with Crippen molar-refractivity contribution < 1.29 is 14.2 Å². The number of hydrogen-bond donors (Lipinski definition) is 1. The van der Waals surface area contributed by atoms with E-state index in [9.17, 15) is 0 Å². The number of nitrogens with two attached hydrogens (primary N) is 1. The van der Waals surface area contributed by atoms with Crippen LogP contribution in [0.1, 0.15) is 26.3 Å². The zero-order chi connectivity index (χ0) is 13.5. The van der Waals surface area contributed by atoms with Gasteiger partial charge >= 0.3 is 0 Å². The van der Waals surface area contributed by atoms with Gasteiger partial charge in [-0.05, 0) is 38.8 Å². The molecule has 1 aromatic carbocycles. The van der Waals surface area contributed by atoms with Crippen molar-refractivity contribution in [2.75, 3.05) is 20.3 Å². The Bertz CT molecular complexity index is 378. The predicted molar refractivity (Wildman–Crippen MR) is 72.7 cm³/mol. The van der Waals surface area contributed by atoms with E-state index in [4.69, 9.17) is 19.9 Å². The van der Waals surface area contributed by atoms with Crippen molar-refractivity contribution in [3.05, 3.63) is 17.7 Å². The fourth-order valence-corrected chi connectivity index (χ4v) is 1.81. The van der Waals surface area contributed by atoms with Crippen LogP contribution in [0.5, 0.6) is 17.2 Å². The van der Waals surface area contributed by atoms with Crippen molar-refractivity contribution in [2.45, 2.75) is 33.2 Å². The molecule has 0 spiro atoms. The molecule has 102 valence electrons. The lowest BCUT2D eigenvalue weighted by Gasteiger charge is -2.16. The van der Waals surface area contributed by atoms with Crippen LogP contribution in [-0.2, 0) is 6.42 Å². The minimum absolute atomic E-state index is 0.0758. The van der Waals surface area contributed by atoms with E-state index in [0.717, 1.165) is 23.5 Å². The molecule has 0 aromatic heterocycles. The molecule has 0 fully saturated rings. The average molecular weight is 253 g/mol. The van der Waals surface area contributed by atoms with Gasteiger partial charge in [0, 0.05) is 12.1 Å². The maximum absolute atomic E-state index is 5.85. The Morgan fingerprint density at radius 2 is 1.67 bits per heavy atom. The van der Waals surface area contributed by atoms with E-state index < -0.39 is 0 Å². The molecule has 4 heteroatoms. The van der Waals surface area contributed by atoms with E-state index in [0.29, 0.717) is 19.0 Å². The first-order chi connectivity index (χ1) is 8.62. The van der Waals surface area contributed by atoms with Gasteiger partial charge in [0.2, 0.25) is 0 Å². The van der Waals surface area contributed by atoms with Gasteiger partial charge in [0.25, 0.3) is 0 Å². The summed E-state index contributed by atoms with van der Waals surface area (Å²) in [4.78, 5) is 0. The molecule has 0 amide bonds. The number of rotatable bonds is 7. The molecular weight excluding hydrogens is 230 g/mol. The largest absolute Gasteiger partial charge is 0.493 e.